The predicted molar refractivity (Wildman–Crippen MR) is 116 cm³/mol. The van der Waals surface area contributed by atoms with Crippen molar-refractivity contribution in [1.82, 2.24) is 5.32 Å². The lowest BCUT2D eigenvalue weighted by Crippen LogP contribution is -2.27. The first kappa shape index (κ1) is 20.9. The molecular weight excluding hydrogens is 408 g/mol. The summed E-state index contributed by atoms with van der Waals surface area (Å²) in [5.74, 6) is -0.385. The maximum Gasteiger partial charge on any atom is 0.261 e. The Hall–Kier alpha value is -2.83. The second-order valence-electron chi connectivity index (χ2n) is 6.72. The van der Waals surface area contributed by atoms with E-state index in [1.165, 1.54) is 30.3 Å². The molecule has 3 aromatic carbocycles. The van der Waals surface area contributed by atoms with Crippen LogP contribution < -0.4 is 10.0 Å². The zero-order chi connectivity index (χ0) is 21.0. The number of amides is 1. The van der Waals surface area contributed by atoms with Crippen molar-refractivity contribution >= 4 is 33.2 Å². The Morgan fingerprint density at radius 2 is 1.62 bits per heavy atom. The van der Waals surface area contributed by atoms with Crippen LogP contribution in [0.4, 0.5) is 5.69 Å². The molecule has 1 atom stereocenters. The third kappa shape index (κ3) is 5.16. The molecule has 3 rings (SSSR count). The maximum absolute atomic E-state index is 12.7. The highest BCUT2D eigenvalue weighted by atomic mass is 35.5. The number of rotatable bonds is 6. The van der Waals surface area contributed by atoms with E-state index in [1.807, 2.05) is 38.1 Å². The molecule has 0 saturated carbocycles. The molecule has 0 aliphatic carbocycles. The van der Waals surface area contributed by atoms with E-state index in [1.54, 1.807) is 18.2 Å². The van der Waals surface area contributed by atoms with Crippen LogP contribution in [-0.4, -0.2) is 14.3 Å². The normalized spacial score (nSPS) is 12.2. The molecular formula is C22H21ClN2O3S. The van der Waals surface area contributed by atoms with E-state index in [2.05, 4.69) is 10.0 Å². The van der Waals surface area contributed by atoms with E-state index in [-0.39, 0.29) is 33.1 Å². The lowest BCUT2D eigenvalue weighted by atomic mass is 10.1. The summed E-state index contributed by atoms with van der Waals surface area (Å²) >= 11 is 6.19. The van der Waals surface area contributed by atoms with Crippen molar-refractivity contribution in [3.63, 3.8) is 0 Å². The van der Waals surface area contributed by atoms with Gasteiger partial charge in [0.25, 0.3) is 15.9 Å². The van der Waals surface area contributed by atoms with Crippen LogP contribution in [0.15, 0.2) is 77.7 Å². The molecule has 0 aliphatic heterocycles. The van der Waals surface area contributed by atoms with Crippen LogP contribution in [0.2, 0.25) is 5.02 Å². The number of anilines is 1. The van der Waals surface area contributed by atoms with Crippen molar-refractivity contribution in [1.29, 1.82) is 0 Å². The van der Waals surface area contributed by atoms with Gasteiger partial charge in [0.2, 0.25) is 0 Å². The Morgan fingerprint density at radius 3 is 2.28 bits per heavy atom. The monoisotopic (exact) mass is 428 g/mol. The number of benzene rings is 3. The van der Waals surface area contributed by atoms with Crippen LogP contribution in [0, 0.1) is 6.92 Å². The minimum absolute atomic E-state index is 0.133. The highest BCUT2D eigenvalue weighted by Crippen LogP contribution is 2.24. The Balaban J connectivity index is 1.79. The van der Waals surface area contributed by atoms with Crippen molar-refractivity contribution in [2.24, 2.45) is 0 Å². The first-order chi connectivity index (χ1) is 13.8. The minimum atomic E-state index is -3.76. The van der Waals surface area contributed by atoms with Gasteiger partial charge in [-0.15, -0.1) is 0 Å². The largest absolute Gasteiger partial charge is 0.345 e. The van der Waals surface area contributed by atoms with Gasteiger partial charge >= 0.3 is 0 Å². The van der Waals surface area contributed by atoms with E-state index in [9.17, 15) is 13.2 Å². The first-order valence-corrected chi connectivity index (χ1v) is 10.9. The third-order valence-electron chi connectivity index (χ3n) is 4.44. The second kappa shape index (κ2) is 8.68. The molecule has 0 bridgehead atoms. The van der Waals surface area contributed by atoms with E-state index < -0.39 is 10.0 Å². The highest BCUT2D eigenvalue weighted by molar-refractivity contribution is 7.92. The van der Waals surface area contributed by atoms with Crippen LogP contribution >= 0.6 is 11.6 Å². The molecule has 0 saturated heterocycles. The van der Waals surface area contributed by atoms with Gasteiger partial charge in [0, 0.05) is 5.69 Å². The molecule has 0 aromatic heterocycles. The van der Waals surface area contributed by atoms with Crippen LogP contribution in [0.5, 0.6) is 0 Å². The molecule has 150 valence electrons. The van der Waals surface area contributed by atoms with E-state index in [4.69, 9.17) is 11.6 Å². The molecule has 0 aliphatic rings. The Bertz CT molecular complexity index is 1110. The van der Waals surface area contributed by atoms with E-state index >= 15 is 0 Å². The zero-order valence-corrected chi connectivity index (χ0v) is 17.6. The zero-order valence-electron chi connectivity index (χ0n) is 16.0. The van der Waals surface area contributed by atoms with E-state index in [0.29, 0.717) is 0 Å². The first-order valence-electron chi connectivity index (χ1n) is 9.01. The minimum Gasteiger partial charge on any atom is -0.345 e. The number of hydrogen-bond donors (Lipinski definition) is 2. The summed E-state index contributed by atoms with van der Waals surface area (Å²) in [5.41, 5.74) is 2.54. The molecule has 0 spiro atoms. The fourth-order valence-electron chi connectivity index (χ4n) is 2.79. The van der Waals surface area contributed by atoms with Crippen molar-refractivity contribution in [3.05, 3.63) is 94.5 Å². The number of sulfonamides is 1. The van der Waals surface area contributed by atoms with Crippen molar-refractivity contribution in [2.45, 2.75) is 24.8 Å². The quantitative estimate of drug-likeness (QED) is 0.583. The van der Waals surface area contributed by atoms with Crippen molar-refractivity contribution < 1.29 is 13.2 Å². The predicted octanol–water partition coefficient (Wildman–Crippen LogP) is 4.94. The number of halogens is 1. The molecule has 0 heterocycles. The van der Waals surface area contributed by atoms with Crippen LogP contribution in [0.1, 0.15) is 34.5 Å². The lowest BCUT2D eigenvalue weighted by molar-refractivity contribution is 0.0940. The van der Waals surface area contributed by atoms with Gasteiger partial charge in [-0.3, -0.25) is 9.52 Å². The average molecular weight is 429 g/mol. The smallest absolute Gasteiger partial charge is 0.261 e. The molecule has 3 aromatic rings. The molecule has 0 unspecified atom stereocenters. The summed E-state index contributed by atoms with van der Waals surface area (Å²) in [5, 5.41) is 3.13. The number of nitrogens with one attached hydrogen (secondary N) is 2. The van der Waals surface area contributed by atoms with Gasteiger partial charge < -0.3 is 5.32 Å². The highest BCUT2D eigenvalue weighted by Gasteiger charge is 2.18. The van der Waals surface area contributed by atoms with Gasteiger partial charge in [-0.2, -0.15) is 0 Å². The second-order valence-corrected chi connectivity index (χ2v) is 8.81. The molecule has 5 nitrogen and oxygen atoms in total. The average Bonchev–Trinajstić information content (AvgIpc) is 2.70. The van der Waals surface area contributed by atoms with Gasteiger partial charge in [0.1, 0.15) is 0 Å². The SMILES string of the molecule is Cc1ccc([C@@H](C)NC(=O)c2cc(NS(=O)(=O)c3ccccc3)ccc2Cl)cc1. The van der Waals surface area contributed by atoms with Gasteiger partial charge in [-0.05, 0) is 49.7 Å². The van der Waals surface area contributed by atoms with Crippen LogP contribution in [-0.2, 0) is 10.0 Å². The molecule has 0 radical (unpaired) electrons. The lowest BCUT2D eigenvalue weighted by Gasteiger charge is -2.16. The van der Waals surface area contributed by atoms with Crippen molar-refractivity contribution in [2.75, 3.05) is 4.72 Å². The summed E-state index contributed by atoms with van der Waals surface area (Å²) in [7, 11) is -3.76. The standard InChI is InChI=1S/C22H21ClN2O3S/c1-15-8-10-17(11-9-15)16(2)24-22(26)20-14-18(12-13-21(20)23)25-29(27,28)19-6-4-3-5-7-19/h3-14,16,25H,1-2H3,(H,24,26)/t16-/m1/s1. The molecule has 0 fully saturated rings. The summed E-state index contributed by atoms with van der Waals surface area (Å²) < 4.78 is 27.5. The molecule has 1 amide bonds. The Kier molecular flexibility index (Phi) is 6.25. The fourth-order valence-corrected chi connectivity index (χ4v) is 4.06. The van der Waals surface area contributed by atoms with E-state index in [0.717, 1.165) is 11.1 Å². The van der Waals surface area contributed by atoms with Crippen LogP contribution in [0.25, 0.3) is 0 Å². The summed E-state index contributed by atoms with van der Waals surface area (Å²) in [6, 6.07) is 20.1. The third-order valence-corrected chi connectivity index (χ3v) is 6.17. The van der Waals surface area contributed by atoms with Gasteiger partial charge in [0.05, 0.1) is 21.5 Å². The molecule has 7 heteroatoms. The van der Waals surface area contributed by atoms with Crippen molar-refractivity contribution in [3.8, 4) is 0 Å². The Morgan fingerprint density at radius 1 is 0.966 bits per heavy atom. The number of aryl methyl sites for hydroxylation is 1. The topological polar surface area (TPSA) is 75.3 Å². The maximum atomic E-state index is 12.7. The Labute approximate surface area is 175 Å². The summed E-state index contributed by atoms with van der Waals surface area (Å²) in [6.07, 6.45) is 0. The molecule has 29 heavy (non-hydrogen) atoms. The summed E-state index contributed by atoms with van der Waals surface area (Å²) in [4.78, 5) is 12.9. The number of carbonyl (C=O) groups excluding carboxylic acids is 1. The van der Waals surface area contributed by atoms with Gasteiger partial charge in [-0.25, -0.2) is 8.42 Å². The molecule has 2 N–H and O–H groups in total. The number of hydrogen-bond acceptors (Lipinski definition) is 3. The number of carbonyl (C=O) groups is 1. The fraction of sp³-hybridized carbons (Fsp3) is 0.136. The summed E-state index contributed by atoms with van der Waals surface area (Å²) in [6.45, 7) is 3.87. The van der Waals surface area contributed by atoms with Gasteiger partial charge in [0.15, 0.2) is 0 Å². The van der Waals surface area contributed by atoms with Gasteiger partial charge in [-0.1, -0.05) is 59.6 Å². The van der Waals surface area contributed by atoms with Crippen LogP contribution in [0.3, 0.4) is 0 Å².